The van der Waals surface area contributed by atoms with Gasteiger partial charge in [-0.1, -0.05) is 70.1 Å². The SMILES string of the molecule is CCCCCCCCCCC(=O)CN[C@@H](CC(=O)c1ccc2oc3ccccc3c2c1)C(=O)O. The van der Waals surface area contributed by atoms with Gasteiger partial charge in [-0.3, -0.25) is 19.7 Å². The highest BCUT2D eigenvalue weighted by Crippen LogP contribution is 2.29. The summed E-state index contributed by atoms with van der Waals surface area (Å²) in [7, 11) is 0. The predicted octanol–water partition coefficient (Wildman–Crippen LogP) is 6.30. The Kier molecular flexibility index (Phi) is 9.83. The first-order chi connectivity index (χ1) is 16.5. The van der Waals surface area contributed by atoms with Gasteiger partial charge in [0.25, 0.3) is 0 Å². The summed E-state index contributed by atoms with van der Waals surface area (Å²) in [6, 6.07) is 11.6. The maximum Gasteiger partial charge on any atom is 0.321 e. The molecule has 1 atom stereocenters. The Bertz CT molecular complexity index is 1120. The molecule has 0 saturated carbocycles. The first-order valence-corrected chi connectivity index (χ1v) is 12.4. The smallest absolute Gasteiger partial charge is 0.321 e. The monoisotopic (exact) mass is 465 g/mol. The average molecular weight is 466 g/mol. The highest BCUT2D eigenvalue weighted by Gasteiger charge is 2.23. The number of ketones is 2. The molecule has 0 unspecified atom stereocenters. The van der Waals surface area contributed by atoms with Crippen molar-refractivity contribution in [1.82, 2.24) is 5.32 Å². The molecular formula is C28H35NO5. The van der Waals surface area contributed by atoms with Crippen LogP contribution < -0.4 is 5.32 Å². The minimum Gasteiger partial charge on any atom is -0.480 e. The molecule has 0 aliphatic carbocycles. The molecule has 6 heteroatoms. The summed E-state index contributed by atoms with van der Waals surface area (Å²) in [4.78, 5) is 36.7. The van der Waals surface area contributed by atoms with Crippen molar-refractivity contribution in [1.29, 1.82) is 0 Å². The second-order valence-corrected chi connectivity index (χ2v) is 8.97. The van der Waals surface area contributed by atoms with Gasteiger partial charge in [0.1, 0.15) is 23.0 Å². The van der Waals surface area contributed by atoms with E-state index in [1.807, 2.05) is 24.3 Å². The fourth-order valence-electron chi connectivity index (χ4n) is 4.23. The van der Waals surface area contributed by atoms with Crippen LogP contribution >= 0.6 is 0 Å². The highest BCUT2D eigenvalue weighted by atomic mass is 16.4. The topological polar surface area (TPSA) is 96.6 Å². The molecule has 1 aromatic heterocycles. The predicted molar refractivity (Wildman–Crippen MR) is 134 cm³/mol. The first-order valence-electron chi connectivity index (χ1n) is 12.4. The van der Waals surface area contributed by atoms with Gasteiger partial charge in [-0.2, -0.15) is 0 Å². The van der Waals surface area contributed by atoms with Crippen LogP contribution in [0.2, 0.25) is 0 Å². The quantitative estimate of drug-likeness (QED) is 0.190. The van der Waals surface area contributed by atoms with Crippen LogP contribution in [-0.4, -0.2) is 35.2 Å². The van der Waals surface area contributed by atoms with Crippen LogP contribution in [0.15, 0.2) is 46.9 Å². The Labute approximate surface area is 200 Å². The molecule has 2 aromatic carbocycles. The molecule has 3 rings (SSSR count). The van der Waals surface area contributed by atoms with Gasteiger partial charge in [-0.25, -0.2) is 0 Å². The molecule has 0 aliphatic heterocycles. The number of carbonyl (C=O) groups is 3. The lowest BCUT2D eigenvalue weighted by atomic mass is 10.0. The zero-order chi connectivity index (χ0) is 24.3. The standard InChI is InChI=1S/C28H35NO5/c1-2-3-4-5-6-7-8-9-12-21(30)19-29-24(28(32)33)18-25(31)20-15-16-27-23(17-20)22-13-10-11-14-26(22)34-27/h10-11,13-17,24,29H,2-9,12,18-19H2,1H3,(H,32,33)/t24-/m0/s1. The molecule has 0 aliphatic rings. The van der Waals surface area contributed by atoms with Crippen LogP contribution in [-0.2, 0) is 9.59 Å². The second-order valence-electron chi connectivity index (χ2n) is 8.97. The Morgan fingerprint density at radius 1 is 0.882 bits per heavy atom. The van der Waals surface area contributed by atoms with Crippen molar-refractivity contribution >= 4 is 39.5 Å². The highest BCUT2D eigenvalue weighted by molar-refractivity contribution is 6.09. The van der Waals surface area contributed by atoms with E-state index in [1.54, 1.807) is 18.2 Å². The van der Waals surface area contributed by atoms with Gasteiger partial charge in [0.15, 0.2) is 5.78 Å². The number of furan rings is 1. The van der Waals surface area contributed by atoms with E-state index in [2.05, 4.69) is 12.2 Å². The molecular weight excluding hydrogens is 430 g/mol. The number of aliphatic carboxylic acids is 1. The average Bonchev–Trinajstić information content (AvgIpc) is 3.21. The summed E-state index contributed by atoms with van der Waals surface area (Å²) in [5.41, 5.74) is 1.84. The van der Waals surface area contributed by atoms with E-state index in [0.29, 0.717) is 17.6 Å². The second kappa shape index (κ2) is 13.0. The number of nitrogens with one attached hydrogen (secondary N) is 1. The number of carboxylic acids is 1. The van der Waals surface area contributed by atoms with Crippen LogP contribution in [0, 0.1) is 0 Å². The van der Waals surface area contributed by atoms with Crippen molar-refractivity contribution in [3.8, 4) is 0 Å². The van der Waals surface area contributed by atoms with Gasteiger partial charge in [0, 0.05) is 29.2 Å². The van der Waals surface area contributed by atoms with Crippen LogP contribution in [0.1, 0.15) is 81.5 Å². The van der Waals surface area contributed by atoms with Crippen LogP contribution in [0.25, 0.3) is 21.9 Å². The van der Waals surface area contributed by atoms with E-state index in [4.69, 9.17) is 4.42 Å². The van der Waals surface area contributed by atoms with E-state index in [1.165, 1.54) is 32.1 Å². The number of Topliss-reactive ketones (excluding diaryl/α,β-unsaturated/α-hetero) is 2. The molecule has 1 heterocycles. The fourth-order valence-corrected chi connectivity index (χ4v) is 4.23. The molecule has 6 nitrogen and oxygen atoms in total. The van der Waals surface area contributed by atoms with Crippen molar-refractivity contribution in [2.24, 2.45) is 0 Å². The van der Waals surface area contributed by atoms with Gasteiger partial charge in [0.2, 0.25) is 0 Å². The van der Waals surface area contributed by atoms with Crippen molar-refractivity contribution < 1.29 is 23.9 Å². The van der Waals surface area contributed by atoms with E-state index in [0.717, 1.165) is 35.6 Å². The zero-order valence-electron chi connectivity index (χ0n) is 20.0. The normalized spacial score (nSPS) is 12.3. The third-order valence-electron chi connectivity index (χ3n) is 6.24. The van der Waals surface area contributed by atoms with Crippen molar-refractivity contribution in [2.75, 3.05) is 6.54 Å². The molecule has 34 heavy (non-hydrogen) atoms. The van der Waals surface area contributed by atoms with Crippen LogP contribution in [0.5, 0.6) is 0 Å². The molecule has 0 amide bonds. The van der Waals surface area contributed by atoms with Crippen molar-refractivity contribution in [3.63, 3.8) is 0 Å². The molecule has 182 valence electrons. The Morgan fingerprint density at radius 2 is 1.56 bits per heavy atom. The van der Waals surface area contributed by atoms with Gasteiger partial charge in [0.05, 0.1) is 6.54 Å². The minimum atomic E-state index is -1.14. The molecule has 0 saturated heterocycles. The fraction of sp³-hybridized carbons (Fsp3) is 0.464. The van der Waals surface area contributed by atoms with Crippen LogP contribution in [0.4, 0.5) is 0 Å². The van der Waals surface area contributed by atoms with E-state index in [9.17, 15) is 19.5 Å². The Hall–Kier alpha value is -2.99. The number of carbonyl (C=O) groups excluding carboxylic acids is 2. The van der Waals surface area contributed by atoms with Gasteiger partial charge in [-0.05, 0) is 30.7 Å². The largest absolute Gasteiger partial charge is 0.480 e. The third kappa shape index (κ3) is 7.26. The van der Waals surface area contributed by atoms with Gasteiger partial charge >= 0.3 is 5.97 Å². The van der Waals surface area contributed by atoms with Crippen molar-refractivity contribution in [2.45, 2.75) is 77.2 Å². The number of rotatable bonds is 16. The number of para-hydroxylation sites is 1. The lowest BCUT2D eigenvalue weighted by Gasteiger charge is -2.13. The molecule has 2 N–H and O–H groups in total. The Morgan fingerprint density at radius 3 is 2.29 bits per heavy atom. The number of carboxylic acid groups (broad SMARTS) is 1. The number of fused-ring (bicyclic) bond motifs is 3. The zero-order valence-corrected chi connectivity index (χ0v) is 20.0. The number of benzene rings is 2. The summed E-state index contributed by atoms with van der Waals surface area (Å²) in [6.45, 7) is 2.16. The molecule has 3 aromatic rings. The molecule has 0 spiro atoms. The Balaban J connectivity index is 1.47. The van der Waals surface area contributed by atoms with Gasteiger partial charge in [-0.15, -0.1) is 0 Å². The maximum absolute atomic E-state index is 12.8. The van der Waals surface area contributed by atoms with E-state index >= 15 is 0 Å². The number of unbranched alkanes of at least 4 members (excludes halogenated alkanes) is 7. The summed E-state index contributed by atoms with van der Waals surface area (Å²) in [5, 5.41) is 14.1. The number of hydrogen-bond donors (Lipinski definition) is 2. The van der Waals surface area contributed by atoms with Crippen LogP contribution in [0.3, 0.4) is 0 Å². The third-order valence-corrected chi connectivity index (χ3v) is 6.24. The lowest BCUT2D eigenvalue weighted by molar-refractivity contribution is -0.139. The van der Waals surface area contributed by atoms with E-state index < -0.39 is 12.0 Å². The van der Waals surface area contributed by atoms with E-state index in [-0.39, 0.29) is 24.5 Å². The summed E-state index contributed by atoms with van der Waals surface area (Å²) < 4.78 is 5.79. The number of hydrogen-bond acceptors (Lipinski definition) is 5. The first kappa shape index (κ1) is 25.6. The summed E-state index contributed by atoms with van der Waals surface area (Å²) in [6.07, 6.45) is 9.45. The van der Waals surface area contributed by atoms with Gasteiger partial charge < -0.3 is 9.52 Å². The summed E-state index contributed by atoms with van der Waals surface area (Å²) >= 11 is 0. The molecule has 0 bridgehead atoms. The van der Waals surface area contributed by atoms with Crippen molar-refractivity contribution in [3.05, 3.63) is 48.0 Å². The lowest BCUT2D eigenvalue weighted by Crippen LogP contribution is -2.41. The maximum atomic E-state index is 12.8. The summed E-state index contributed by atoms with van der Waals surface area (Å²) in [5.74, 6) is -1.44. The minimum absolute atomic E-state index is 0.0176. The molecule has 0 radical (unpaired) electrons. The molecule has 0 fully saturated rings.